The van der Waals surface area contributed by atoms with Crippen molar-refractivity contribution in [3.63, 3.8) is 0 Å². The maximum absolute atomic E-state index is 6.08. The lowest BCUT2D eigenvalue weighted by Crippen LogP contribution is -2.41. The van der Waals surface area contributed by atoms with Gasteiger partial charge in [0, 0.05) is 10.4 Å². The topological polar surface area (TPSA) is 27.7 Å². The van der Waals surface area contributed by atoms with Gasteiger partial charge in [-0.1, -0.05) is 12.1 Å². The van der Waals surface area contributed by atoms with Gasteiger partial charge in [-0.2, -0.15) is 0 Å². The molecule has 5 heteroatoms. The number of hydrogen-bond acceptors (Lipinski definition) is 4. The average molecular weight is 280 g/mol. The molecule has 1 aromatic rings. The van der Waals surface area contributed by atoms with Crippen LogP contribution in [0.15, 0.2) is 23.1 Å². The SMILES string of the molecule is COc1c(SC)cccc1B1OC(C)(C)C(C)(C)O1. The van der Waals surface area contributed by atoms with E-state index < -0.39 is 0 Å². The second kappa shape index (κ2) is 5.04. The van der Waals surface area contributed by atoms with Gasteiger partial charge in [-0.3, -0.25) is 0 Å². The second-order valence-electron chi connectivity index (χ2n) is 5.67. The lowest BCUT2D eigenvalue weighted by molar-refractivity contribution is 0.00578. The molecule has 0 spiro atoms. The van der Waals surface area contributed by atoms with Crippen LogP contribution in [-0.2, 0) is 9.31 Å². The Labute approximate surface area is 120 Å². The normalized spacial score (nSPS) is 20.6. The number of benzene rings is 1. The molecule has 1 heterocycles. The summed E-state index contributed by atoms with van der Waals surface area (Å²) in [6, 6.07) is 6.05. The molecule has 0 aliphatic carbocycles. The molecule has 1 aromatic carbocycles. The number of hydrogen-bond donors (Lipinski definition) is 0. The van der Waals surface area contributed by atoms with E-state index >= 15 is 0 Å². The van der Waals surface area contributed by atoms with Gasteiger partial charge >= 0.3 is 7.12 Å². The molecule has 0 atom stereocenters. The monoisotopic (exact) mass is 280 g/mol. The van der Waals surface area contributed by atoms with Crippen molar-refractivity contribution >= 4 is 24.3 Å². The third-order valence-corrected chi connectivity index (χ3v) is 4.70. The minimum Gasteiger partial charge on any atom is -0.496 e. The van der Waals surface area contributed by atoms with Crippen LogP contribution in [0.1, 0.15) is 27.7 Å². The Morgan fingerprint density at radius 3 is 2.16 bits per heavy atom. The number of para-hydroxylation sites is 1. The van der Waals surface area contributed by atoms with Crippen molar-refractivity contribution in [1.29, 1.82) is 0 Å². The zero-order valence-corrected chi connectivity index (χ0v) is 13.3. The Hall–Kier alpha value is -0.645. The van der Waals surface area contributed by atoms with Gasteiger partial charge in [0.25, 0.3) is 0 Å². The third-order valence-electron chi connectivity index (χ3n) is 3.94. The zero-order chi connectivity index (χ0) is 14.3. The van der Waals surface area contributed by atoms with E-state index in [9.17, 15) is 0 Å². The fourth-order valence-electron chi connectivity index (χ4n) is 2.07. The van der Waals surface area contributed by atoms with Crippen molar-refractivity contribution in [2.45, 2.75) is 43.8 Å². The highest BCUT2D eigenvalue weighted by Gasteiger charge is 2.52. The van der Waals surface area contributed by atoms with Crippen molar-refractivity contribution in [1.82, 2.24) is 0 Å². The molecule has 104 valence electrons. The molecule has 0 N–H and O–H groups in total. The predicted molar refractivity (Wildman–Crippen MR) is 80.5 cm³/mol. The molecule has 0 saturated carbocycles. The van der Waals surface area contributed by atoms with Crippen molar-refractivity contribution in [2.24, 2.45) is 0 Å². The highest BCUT2D eigenvalue weighted by atomic mass is 32.2. The largest absolute Gasteiger partial charge is 0.498 e. The van der Waals surface area contributed by atoms with Crippen LogP contribution in [0.2, 0.25) is 0 Å². The maximum Gasteiger partial charge on any atom is 0.498 e. The van der Waals surface area contributed by atoms with E-state index in [0.29, 0.717) is 0 Å². The van der Waals surface area contributed by atoms with Crippen LogP contribution in [0, 0.1) is 0 Å². The fraction of sp³-hybridized carbons (Fsp3) is 0.571. The lowest BCUT2D eigenvalue weighted by Gasteiger charge is -2.32. The van der Waals surface area contributed by atoms with Crippen LogP contribution in [0.25, 0.3) is 0 Å². The second-order valence-corrected chi connectivity index (χ2v) is 6.52. The van der Waals surface area contributed by atoms with E-state index in [1.54, 1.807) is 18.9 Å². The molecule has 1 saturated heterocycles. The van der Waals surface area contributed by atoms with Gasteiger partial charge in [0.05, 0.1) is 18.3 Å². The molecule has 0 bridgehead atoms. The summed E-state index contributed by atoms with van der Waals surface area (Å²) in [6.45, 7) is 8.21. The van der Waals surface area contributed by atoms with E-state index in [0.717, 1.165) is 16.1 Å². The van der Waals surface area contributed by atoms with Crippen molar-refractivity contribution in [2.75, 3.05) is 13.4 Å². The molecule has 0 unspecified atom stereocenters. The van der Waals surface area contributed by atoms with Crippen LogP contribution in [0.4, 0.5) is 0 Å². The highest BCUT2D eigenvalue weighted by molar-refractivity contribution is 7.98. The van der Waals surface area contributed by atoms with E-state index in [-0.39, 0.29) is 18.3 Å². The number of thioether (sulfide) groups is 1. The van der Waals surface area contributed by atoms with Gasteiger partial charge in [0.1, 0.15) is 5.75 Å². The predicted octanol–water partition coefficient (Wildman–Crippen LogP) is 2.72. The molecule has 1 aliphatic heterocycles. The molecule has 19 heavy (non-hydrogen) atoms. The first kappa shape index (κ1) is 14.8. The van der Waals surface area contributed by atoms with Gasteiger partial charge in [-0.05, 0) is 40.0 Å². The van der Waals surface area contributed by atoms with Crippen LogP contribution in [-0.4, -0.2) is 31.7 Å². The van der Waals surface area contributed by atoms with Gasteiger partial charge in [0.15, 0.2) is 0 Å². The third kappa shape index (κ3) is 2.51. The van der Waals surface area contributed by atoms with Gasteiger partial charge < -0.3 is 14.0 Å². The molecule has 0 amide bonds. The van der Waals surface area contributed by atoms with Gasteiger partial charge in [0.2, 0.25) is 0 Å². The van der Waals surface area contributed by atoms with Crippen LogP contribution < -0.4 is 10.2 Å². The molecule has 2 rings (SSSR count). The number of ether oxygens (including phenoxy) is 1. The van der Waals surface area contributed by atoms with Crippen LogP contribution in [0.5, 0.6) is 5.75 Å². The summed E-state index contributed by atoms with van der Waals surface area (Å²) in [5, 5.41) is 0. The van der Waals surface area contributed by atoms with E-state index in [2.05, 4.69) is 27.7 Å². The summed E-state index contributed by atoms with van der Waals surface area (Å²) in [4.78, 5) is 1.09. The summed E-state index contributed by atoms with van der Waals surface area (Å²) < 4.78 is 17.7. The number of rotatable bonds is 3. The molecular formula is C14H21BO3S. The number of methoxy groups -OCH3 is 1. The summed E-state index contributed by atoms with van der Waals surface area (Å²) in [5.41, 5.74) is 0.281. The Morgan fingerprint density at radius 1 is 1.11 bits per heavy atom. The van der Waals surface area contributed by atoms with Crippen molar-refractivity contribution < 1.29 is 14.0 Å². The van der Waals surface area contributed by atoms with Gasteiger partial charge in [-0.25, -0.2) is 0 Å². The summed E-state index contributed by atoms with van der Waals surface area (Å²) in [7, 11) is 1.30. The average Bonchev–Trinajstić information content (AvgIpc) is 2.57. The molecule has 1 aliphatic rings. The van der Waals surface area contributed by atoms with E-state index in [1.807, 2.05) is 24.5 Å². The van der Waals surface area contributed by atoms with Crippen LogP contribution in [0.3, 0.4) is 0 Å². The molecule has 0 radical (unpaired) electrons. The van der Waals surface area contributed by atoms with E-state index in [4.69, 9.17) is 14.0 Å². The Bertz CT molecular complexity index is 458. The smallest absolute Gasteiger partial charge is 0.496 e. The minimum atomic E-state index is -0.382. The zero-order valence-electron chi connectivity index (χ0n) is 12.4. The van der Waals surface area contributed by atoms with Gasteiger partial charge in [-0.15, -0.1) is 11.8 Å². The Kier molecular flexibility index (Phi) is 3.91. The van der Waals surface area contributed by atoms with E-state index in [1.165, 1.54) is 0 Å². The van der Waals surface area contributed by atoms with Crippen molar-refractivity contribution in [3.8, 4) is 5.75 Å². The molecule has 1 fully saturated rings. The molecule has 0 aromatic heterocycles. The lowest BCUT2D eigenvalue weighted by atomic mass is 9.78. The van der Waals surface area contributed by atoms with Crippen molar-refractivity contribution in [3.05, 3.63) is 18.2 Å². The molecular weight excluding hydrogens is 259 g/mol. The first-order valence-electron chi connectivity index (χ1n) is 6.39. The quantitative estimate of drug-likeness (QED) is 0.628. The minimum absolute atomic E-state index is 0.335. The summed E-state index contributed by atoms with van der Waals surface area (Å²) in [5.74, 6) is 0.841. The summed E-state index contributed by atoms with van der Waals surface area (Å²) >= 11 is 1.66. The maximum atomic E-state index is 6.08. The Morgan fingerprint density at radius 2 is 1.68 bits per heavy atom. The highest BCUT2D eigenvalue weighted by Crippen LogP contribution is 2.38. The Balaban J connectivity index is 2.39. The molecule has 3 nitrogen and oxygen atoms in total. The summed E-state index contributed by atoms with van der Waals surface area (Å²) in [6.07, 6.45) is 2.03. The first-order valence-corrected chi connectivity index (χ1v) is 7.61. The van der Waals surface area contributed by atoms with Crippen LogP contribution >= 0.6 is 11.8 Å². The fourth-order valence-corrected chi connectivity index (χ4v) is 2.67. The standard InChI is InChI=1S/C14H21BO3S/c1-13(2)14(3,4)18-15(17-13)10-8-7-9-11(19-6)12(10)16-5/h7-9H,1-6H3. The first-order chi connectivity index (χ1) is 8.82.